The molecule has 4 heteroatoms. The third-order valence-corrected chi connectivity index (χ3v) is 6.26. The first-order valence-corrected chi connectivity index (χ1v) is 9.11. The minimum Gasteiger partial charge on any atom is -0.298 e. The first-order valence-electron chi connectivity index (χ1n) is 7.53. The molecule has 5 rings (SSSR count). The Labute approximate surface area is 153 Å². The van der Waals surface area contributed by atoms with Gasteiger partial charge in [0, 0.05) is 20.6 Å². The Bertz CT molecular complexity index is 1400. The van der Waals surface area contributed by atoms with Crippen LogP contribution in [-0.2, 0) is 0 Å². The summed E-state index contributed by atoms with van der Waals surface area (Å²) in [5.74, 6) is 0. The fourth-order valence-corrected chi connectivity index (χ4v) is 5.21. The number of fused-ring (bicyclic) bond motifs is 2. The summed E-state index contributed by atoms with van der Waals surface area (Å²) in [5.41, 5.74) is 0. The van der Waals surface area contributed by atoms with E-state index in [-0.39, 0.29) is 10.7 Å². The Morgan fingerprint density at radius 3 is 2.00 bits per heavy atom. The Balaban J connectivity index is 2.37. The van der Waals surface area contributed by atoms with Crippen LogP contribution in [0.2, 0.25) is 0 Å². The highest BCUT2D eigenvalue weighted by atomic mass is 79.9. The van der Waals surface area contributed by atoms with Gasteiger partial charge < -0.3 is 0 Å². The summed E-state index contributed by atoms with van der Waals surface area (Å²) in [5, 5.41) is 26.1. The maximum Gasteiger partial charge on any atom is 0.0944 e. The van der Waals surface area contributed by atoms with Gasteiger partial charge in [0.1, 0.15) is 0 Å². The van der Waals surface area contributed by atoms with Crippen LogP contribution in [0.1, 0.15) is 0 Å². The predicted molar refractivity (Wildman–Crippen MR) is 106 cm³/mol. The van der Waals surface area contributed by atoms with E-state index in [1.807, 2.05) is 12.1 Å². The lowest BCUT2D eigenvalue weighted by atomic mass is 9.89. The molecule has 0 bridgehead atoms. The van der Waals surface area contributed by atoms with Crippen molar-refractivity contribution >= 4 is 74.9 Å². The maximum atomic E-state index is 8.59. The molecule has 0 unspecified atom stereocenters. The van der Waals surface area contributed by atoms with Crippen molar-refractivity contribution in [3.8, 4) is 0 Å². The third kappa shape index (κ3) is 1.60. The van der Waals surface area contributed by atoms with Gasteiger partial charge in [-0.05, 0) is 48.9 Å². The minimum absolute atomic E-state index is 0.228. The van der Waals surface area contributed by atoms with Crippen molar-refractivity contribution in [2.75, 3.05) is 0 Å². The summed E-state index contributed by atoms with van der Waals surface area (Å²) in [4.78, 5) is 0. The molecule has 0 amide bonds. The number of halogens is 2. The van der Waals surface area contributed by atoms with Crippen LogP contribution in [0.5, 0.6) is 0 Å². The zero-order valence-electron chi connectivity index (χ0n) is 12.4. The monoisotopic (exact) mass is 436 g/mol. The van der Waals surface area contributed by atoms with Crippen LogP contribution in [0.15, 0.2) is 57.5 Å². The standard InChI is InChI=1S/C20H10Br2N2/c21-13-8-7-11-10-5-1-3-9-4-2-6-12(14(9)10)16-15(11)17(13)18(22)20(24)19(16)23/h1-8,23-24H. The molecule has 5 aromatic rings. The van der Waals surface area contributed by atoms with Gasteiger partial charge in [0.25, 0.3) is 0 Å². The molecule has 0 heterocycles. The van der Waals surface area contributed by atoms with Gasteiger partial charge in [-0.15, -0.1) is 0 Å². The van der Waals surface area contributed by atoms with Crippen LogP contribution < -0.4 is 10.7 Å². The van der Waals surface area contributed by atoms with Crippen molar-refractivity contribution < 1.29 is 0 Å². The van der Waals surface area contributed by atoms with Crippen LogP contribution in [0.4, 0.5) is 0 Å². The number of benzene rings is 5. The van der Waals surface area contributed by atoms with Crippen LogP contribution in [0, 0.1) is 10.8 Å². The van der Waals surface area contributed by atoms with E-state index in [0.29, 0.717) is 4.47 Å². The second-order valence-corrected chi connectivity index (χ2v) is 7.64. The van der Waals surface area contributed by atoms with Crippen molar-refractivity contribution in [1.82, 2.24) is 0 Å². The number of rotatable bonds is 0. The van der Waals surface area contributed by atoms with E-state index in [1.54, 1.807) is 0 Å². The highest BCUT2D eigenvalue weighted by molar-refractivity contribution is 9.11. The summed E-state index contributed by atoms with van der Waals surface area (Å²) >= 11 is 7.17. The summed E-state index contributed by atoms with van der Waals surface area (Å²) in [6, 6.07) is 16.7. The molecular formula is C20H10Br2N2. The molecule has 5 aromatic carbocycles. The quantitative estimate of drug-likeness (QED) is 0.232. The Morgan fingerprint density at radius 1 is 0.583 bits per heavy atom. The number of nitrogens with one attached hydrogen (secondary N) is 2. The molecule has 0 saturated heterocycles. The fourth-order valence-electron chi connectivity index (χ4n) is 3.80. The van der Waals surface area contributed by atoms with Crippen molar-refractivity contribution in [3.05, 3.63) is 68.2 Å². The fraction of sp³-hybridized carbons (Fsp3) is 0. The van der Waals surface area contributed by atoms with Crippen LogP contribution in [-0.4, -0.2) is 0 Å². The lowest BCUT2D eigenvalue weighted by Gasteiger charge is -2.16. The molecule has 0 aliphatic heterocycles. The van der Waals surface area contributed by atoms with Gasteiger partial charge in [0.2, 0.25) is 0 Å². The Kier molecular flexibility index (Phi) is 2.83. The topological polar surface area (TPSA) is 47.7 Å². The molecule has 0 atom stereocenters. The van der Waals surface area contributed by atoms with E-state index < -0.39 is 0 Å². The van der Waals surface area contributed by atoms with Gasteiger partial charge in [0.15, 0.2) is 0 Å². The molecule has 0 aliphatic carbocycles. The molecule has 24 heavy (non-hydrogen) atoms. The second kappa shape index (κ2) is 4.74. The smallest absolute Gasteiger partial charge is 0.0944 e. The zero-order chi connectivity index (χ0) is 16.6. The summed E-state index contributed by atoms with van der Waals surface area (Å²) in [7, 11) is 0. The second-order valence-electron chi connectivity index (χ2n) is 5.99. The Hall–Kier alpha value is -2.04. The average molecular weight is 438 g/mol. The molecule has 2 N–H and O–H groups in total. The van der Waals surface area contributed by atoms with Crippen molar-refractivity contribution in [2.24, 2.45) is 0 Å². The molecule has 0 fully saturated rings. The van der Waals surface area contributed by atoms with Gasteiger partial charge >= 0.3 is 0 Å². The molecule has 0 spiro atoms. The highest BCUT2D eigenvalue weighted by Crippen LogP contribution is 2.41. The first kappa shape index (κ1) is 14.3. The lowest BCUT2D eigenvalue weighted by molar-refractivity contribution is 1.15. The maximum absolute atomic E-state index is 8.59. The summed E-state index contributed by atoms with van der Waals surface area (Å²) in [6.45, 7) is 0. The first-order chi connectivity index (χ1) is 11.6. The molecular weight excluding hydrogens is 428 g/mol. The van der Waals surface area contributed by atoms with Gasteiger partial charge in [-0.3, -0.25) is 10.8 Å². The normalized spacial score (nSPS) is 12.1. The van der Waals surface area contributed by atoms with Crippen LogP contribution in [0.25, 0.3) is 43.1 Å². The lowest BCUT2D eigenvalue weighted by Crippen LogP contribution is -2.25. The predicted octanol–water partition coefficient (Wildman–Crippen LogP) is 5.66. The van der Waals surface area contributed by atoms with E-state index in [0.717, 1.165) is 31.4 Å². The average Bonchev–Trinajstić information content (AvgIpc) is 2.59. The number of hydrogen-bond acceptors (Lipinski definition) is 2. The molecule has 0 saturated carbocycles. The zero-order valence-corrected chi connectivity index (χ0v) is 15.5. The van der Waals surface area contributed by atoms with E-state index in [9.17, 15) is 0 Å². The minimum atomic E-state index is 0.228. The highest BCUT2D eigenvalue weighted by Gasteiger charge is 2.18. The molecule has 2 nitrogen and oxygen atoms in total. The summed E-state index contributed by atoms with van der Waals surface area (Å²) < 4.78 is 1.61. The molecule has 0 aliphatic rings. The molecule has 114 valence electrons. The van der Waals surface area contributed by atoms with E-state index in [1.165, 1.54) is 16.2 Å². The van der Waals surface area contributed by atoms with E-state index >= 15 is 0 Å². The van der Waals surface area contributed by atoms with Crippen molar-refractivity contribution in [3.63, 3.8) is 0 Å². The van der Waals surface area contributed by atoms with E-state index in [4.69, 9.17) is 10.8 Å². The van der Waals surface area contributed by atoms with Gasteiger partial charge in [-0.1, -0.05) is 58.4 Å². The van der Waals surface area contributed by atoms with E-state index in [2.05, 4.69) is 68.3 Å². The number of hydrogen-bond donors (Lipinski definition) is 2. The largest absolute Gasteiger partial charge is 0.298 e. The summed E-state index contributed by atoms with van der Waals surface area (Å²) in [6.07, 6.45) is 0. The molecule has 0 radical (unpaired) electrons. The third-order valence-electron chi connectivity index (χ3n) is 4.81. The van der Waals surface area contributed by atoms with Gasteiger partial charge in [-0.25, -0.2) is 0 Å². The van der Waals surface area contributed by atoms with Crippen molar-refractivity contribution in [1.29, 1.82) is 10.8 Å². The SMILES string of the molecule is N=c1c(Br)c2c(Br)ccc3c4cccc5cccc(c(c1=N)c23)c54. The van der Waals surface area contributed by atoms with Crippen LogP contribution in [0.3, 0.4) is 0 Å². The Morgan fingerprint density at radius 2 is 1.25 bits per heavy atom. The van der Waals surface area contributed by atoms with Crippen LogP contribution >= 0.6 is 31.9 Å². The van der Waals surface area contributed by atoms with Gasteiger partial charge in [-0.2, -0.15) is 0 Å². The molecule has 0 aromatic heterocycles. The van der Waals surface area contributed by atoms with Gasteiger partial charge in [0.05, 0.1) is 15.2 Å². The van der Waals surface area contributed by atoms with Crippen molar-refractivity contribution in [2.45, 2.75) is 0 Å².